The molecule has 1 aromatic carbocycles. The first-order valence-electron chi connectivity index (χ1n) is 5.91. The van der Waals surface area contributed by atoms with Crippen LogP contribution in [0.3, 0.4) is 0 Å². The van der Waals surface area contributed by atoms with E-state index in [1.54, 1.807) is 7.11 Å². The van der Waals surface area contributed by atoms with E-state index in [0.717, 1.165) is 23.2 Å². The molecule has 2 rings (SSSR count). The Morgan fingerprint density at radius 2 is 2.17 bits per heavy atom. The van der Waals surface area contributed by atoms with Crippen LogP contribution < -0.4 is 10.5 Å². The lowest BCUT2D eigenvalue weighted by atomic mass is 10.2. The maximum atomic E-state index is 5.61. The zero-order chi connectivity index (χ0) is 13.0. The van der Waals surface area contributed by atoms with E-state index in [1.165, 1.54) is 11.3 Å². The van der Waals surface area contributed by atoms with E-state index in [4.69, 9.17) is 10.5 Å². The van der Waals surface area contributed by atoms with Gasteiger partial charge < -0.3 is 15.0 Å². The third-order valence-electron chi connectivity index (χ3n) is 2.92. The Bertz CT molecular complexity index is 522. The van der Waals surface area contributed by atoms with Crippen molar-refractivity contribution in [2.24, 2.45) is 5.73 Å². The molecular weight excluding hydrogens is 292 g/mol. The average Bonchev–Trinajstić information content (AvgIpc) is 2.80. The van der Waals surface area contributed by atoms with Crippen LogP contribution in [0.1, 0.15) is 11.3 Å². The second-order valence-corrected chi connectivity index (χ2v) is 4.98. The fraction of sp³-hybridized carbons (Fsp3) is 0.286. The van der Waals surface area contributed by atoms with Gasteiger partial charge >= 0.3 is 0 Å². The van der Waals surface area contributed by atoms with Crippen molar-refractivity contribution >= 4 is 15.9 Å². The topological polar surface area (TPSA) is 40.2 Å². The van der Waals surface area contributed by atoms with Crippen LogP contribution >= 0.6 is 15.9 Å². The smallest absolute Gasteiger partial charge is 0.119 e. The van der Waals surface area contributed by atoms with Crippen molar-refractivity contribution in [2.75, 3.05) is 13.7 Å². The Hall–Kier alpha value is -1.26. The minimum Gasteiger partial charge on any atom is -0.497 e. The molecule has 0 radical (unpaired) electrons. The Labute approximate surface area is 116 Å². The number of halogens is 1. The highest BCUT2D eigenvalue weighted by Gasteiger charge is 2.05. The van der Waals surface area contributed by atoms with Crippen molar-refractivity contribution in [3.63, 3.8) is 0 Å². The van der Waals surface area contributed by atoms with Gasteiger partial charge in [-0.3, -0.25) is 0 Å². The van der Waals surface area contributed by atoms with Crippen LogP contribution in [0.4, 0.5) is 0 Å². The first kappa shape index (κ1) is 13.2. The fourth-order valence-electron chi connectivity index (χ4n) is 1.96. The van der Waals surface area contributed by atoms with E-state index in [1.807, 2.05) is 12.1 Å². The average molecular weight is 309 g/mol. The molecule has 0 amide bonds. The maximum absolute atomic E-state index is 5.61. The molecule has 0 aliphatic carbocycles. The highest BCUT2D eigenvalue weighted by Crippen LogP contribution is 2.23. The molecule has 96 valence electrons. The first-order chi connectivity index (χ1) is 8.74. The molecule has 2 N–H and O–H groups in total. The van der Waals surface area contributed by atoms with Crippen molar-refractivity contribution < 1.29 is 4.74 Å². The van der Waals surface area contributed by atoms with E-state index in [9.17, 15) is 0 Å². The van der Waals surface area contributed by atoms with E-state index in [2.05, 4.69) is 44.9 Å². The molecule has 0 atom stereocenters. The van der Waals surface area contributed by atoms with Crippen molar-refractivity contribution in [1.29, 1.82) is 0 Å². The summed E-state index contributed by atoms with van der Waals surface area (Å²) in [5.74, 6) is 0.876. The lowest BCUT2D eigenvalue weighted by molar-refractivity contribution is 0.414. The molecule has 1 heterocycles. The zero-order valence-corrected chi connectivity index (χ0v) is 12.0. The molecule has 0 fully saturated rings. The van der Waals surface area contributed by atoms with Crippen LogP contribution in [0.25, 0.3) is 0 Å². The minimum absolute atomic E-state index is 0.670. The lowest BCUT2D eigenvalue weighted by Gasteiger charge is -2.11. The summed E-state index contributed by atoms with van der Waals surface area (Å²) in [6.07, 6.45) is 2.98. The third kappa shape index (κ3) is 2.94. The number of aromatic nitrogens is 1. The molecule has 0 saturated heterocycles. The van der Waals surface area contributed by atoms with E-state index in [-0.39, 0.29) is 0 Å². The first-order valence-corrected chi connectivity index (χ1v) is 6.70. The molecule has 1 aromatic heterocycles. The second kappa shape index (κ2) is 6.07. The fourth-order valence-corrected chi connectivity index (χ4v) is 2.33. The molecule has 0 saturated carbocycles. The Kier molecular flexibility index (Phi) is 4.44. The summed E-state index contributed by atoms with van der Waals surface area (Å²) in [6, 6.07) is 10.2. The van der Waals surface area contributed by atoms with Gasteiger partial charge in [0.1, 0.15) is 5.75 Å². The van der Waals surface area contributed by atoms with Crippen LogP contribution in [0.15, 0.2) is 41.0 Å². The van der Waals surface area contributed by atoms with Gasteiger partial charge in [0, 0.05) is 22.9 Å². The van der Waals surface area contributed by atoms with Gasteiger partial charge in [-0.05, 0) is 48.9 Å². The van der Waals surface area contributed by atoms with Crippen molar-refractivity contribution in [1.82, 2.24) is 4.57 Å². The number of nitrogens with two attached hydrogens (primary N) is 1. The molecule has 0 aliphatic rings. The zero-order valence-electron chi connectivity index (χ0n) is 10.4. The van der Waals surface area contributed by atoms with Gasteiger partial charge in [-0.15, -0.1) is 0 Å². The summed E-state index contributed by atoms with van der Waals surface area (Å²) in [4.78, 5) is 0. The number of hydrogen-bond donors (Lipinski definition) is 1. The summed E-state index contributed by atoms with van der Waals surface area (Å²) in [5, 5.41) is 0. The van der Waals surface area contributed by atoms with Crippen LogP contribution in [-0.2, 0) is 13.0 Å². The van der Waals surface area contributed by atoms with Gasteiger partial charge in [0.15, 0.2) is 0 Å². The number of nitrogens with zero attached hydrogens (tertiary/aromatic N) is 1. The van der Waals surface area contributed by atoms with Gasteiger partial charge in [-0.25, -0.2) is 0 Å². The molecular formula is C14H17BrN2O. The number of methoxy groups -OCH3 is 1. The predicted octanol–water partition coefficient (Wildman–Crippen LogP) is 2.81. The van der Waals surface area contributed by atoms with E-state index in [0.29, 0.717) is 6.54 Å². The standard InChI is InChI=1S/C14H17BrN2O/c1-18-13-4-5-14(15)11(9-13)10-17-8-2-3-12(17)6-7-16/h2-5,8-9H,6-7,10,16H2,1H3. The lowest BCUT2D eigenvalue weighted by Crippen LogP contribution is -2.09. The van der Waals surface area contributed by atoms with E-state index >= 15 is 0 Å². The number of ether oxygens (including phenoxy) is 1. The van der Waals surface area contributed by atoms with Crippen LogP contribution in [-0.4, -0.2) is 18.2 Å². The second-order valence-electron chi connectivity index (χ2n) is 4.12. The third-order valence-corrected chi connectivity index (χ3v) is 3.69. The number of rotatable bonds is 5. The molecule has 0 spiro atoms. The number of hydrogen-bond acceptors (Lipinski definition) is 2. The summed E-state index contributed by atoms with van der Waals surface area (Å²) in [5.41, 5.74) is 8.07. The molecule has 0 aliphatic heterocycles. The van der Waals surface area contributed by atoms with E-state index < -0.39 is 0 Å². The summed E-state index contributed by atoms with van der Waals surface area (Å²) in [7, 11) is 1.68. The number of benzene rings is 1. The maximum Gasteiger partial charge on any atom is 0.119 e. The highest BCUT2D eigenvalue weighted by atomic mass is 79.9. The Balaban J connectivity index is 2.24. The summed E-state index contributed by atoms with van der Waals surface area (Å²) in [6.45, 7) is 1.49. The Morgan fingerprint density at radius 1 is 1.33 bits per heavy atom. The SMILES string of the molecule is COc1ccc(Br)c(Cn2cccc2CCN)c1. The molecule has 2 aromatic rings. The predicted molar refractivity (Wildman–Crippen MR) is 77.0 cm³/mol. The van der Waals surface area contributed by atoms with Crippen molar-refractivity contribution in [2.45, 2.75) is 13.0 Å². The summed E-state index contributed by atoms with van der Waals surface area (Å²) < 4.78 is 8.56. The quantitative estimate of drug-likeness (QED) is 0.922. The molecule has 3 nitrogen and oxygen atoms in total. The van der Waals surface area contributed by atoms with Crippen LogP contribution in [0.2, 0.25) is 0 Å². The molecule has 4 heteroatoms. The molecule has 0 unspecified atom stereocenters. The largest absolute Gasteiger partial charge is 0.497 e. The van der Waals surface area contributed by atoms with Gasteiger partial charge in [0.05, 0.1) is 7.11 Å². The van der Waals surface area contributed by atoms with Gasteiger partial charge in [-0.1, -0.05) is 15.9 Å². The highest BCUT2D eigenvalue weighted by molar-refractivity contribution is 9.10. The minimum atomic E-state index is 0.670. The van der Waals surface area contributed by atoms with Gasteiger partial charge in [0.25, 0.3) is 0 Å². The van der Waals surface area contributed by atoms with Crippen molar-refractivity contribution in [3.05, 3.63) is 52.3 Å². The molecule has 18 heavy (non-hydrogen) atoms. The Morgan fingerprint density at radius 3 is 2.89 bits per heavy atom. The summed E-state index contributed by atoms with van der Waals surface area (Å²) >= 11 is 3.58. The van der Waals surface area contributed by atoms with Crippen LogP contribution in [0, 0.1) is 0 Å². The van der Waals surface area contributed by atoms with Gasteiger partial charge in [-0.2, -0.15) is 0 Å². The normalized spacial score (nSPS) is 10.6. The monoisotopic (exact) mass is 308 g/mol. The van der Waals surface area contributed by atoms with Gasteiger partial charge in [0.2, 0.25) is 0 Å². The van der Waals surface area contributed by atoms with Crippen molar-refractivity contribution in [3.8, 4) is 5.75 Å². The van der Waals surface area contributed by atoms with Crippen LogP contribution in [0.5, 0.6) is 5.75 Å². The molecule has 0 bridgehead atoms.